The molecule has 1 saturated heterocycles. The van der Waals surface area contributed by atoms with Gasteiger partial charge in [0.05, 0.1) is 23.0 Å². The lowest BCUT2D eigenvalue weighted by molar-refractivity contribution is -0.133. The van der Waals surface area contributed by atoms with E-state index in [2.05, 4.69) is 10.5 Å². The van der Waals surface area contributed by atoms with Crippen LogP contribution < -0.4 is 15.2 Å². The van der Waals surface area contributed by atoms with Gasteiger partial charge in [0.25, 0.3) is 0 Å². The Bertz CT molecular complexity index is 1250. The highest BCUT2D eigenvalue weighted by molar-refractivity contribution is 5.91. The first kappa shape index (κ1) is 25.8. The van der Waals surface area contributed by atoms with E-state index < -0.39 is 24.1 Å². The number of carbonyl (C=O) groups is 1. The summed E-state index contributed by atoms with van der Waals surface area (Å²) in [5, 5.41) is 53.8. The van der Waals surface area contributed by atoms with Crippen molar-refractivity contribution in [2.75, 3.05) is 42.5 Å². The molecule has 202 valence electrons. The van der Waals surface area contributed by atoms with Gasteiger partial charge >= 0.3 is 5.97 Å². The van der Waals surface area contributed by atoms with Gasteiger partial charge in [-0.05, 0) is 37.1 Å². The Morgan fingerprint density at radius 1 is 1.13 bits per heavy atom. The fourth-order valence-electron chi connectivity index (χ4n) is 4.85. The SMILES string of the molecule is O=C(O)C1=CN(C2CC2)c2cc(N3CCN(CC(O)NN=Cc4c(O)cccc4O)CC3)c(F)cc2C1O. The third kappa shape index (κ3) is 5.23. The van der Waals surface area contributed by atoms with E-state index >= 15 is 4.39 Å². The van der Waals surface area contributed by atoms with E-state index in [4.69, 9.17) is 0 Å². The van der Waals surface area contributed by atoms with Gasteiger partial charge in [-0.25, -0.2) is 9.18 Å². The number of nitrogens with zero attached hydrogens (tertiary/aromatic N) is 4. The molecule has 12 heteroatoms. The van der Waals surface area contributed by atoms with Gasteiger partial charge in [-0.3, -0.25) is 10.3 Å². The minimum atomic E-state index is -1.40. The molecule has 0 spiro atoms. The molecular formula is C26H30FN5O6. The van der Waals surface area contributed by atoms with Gasteiger partial charge in [-0.15, -0.1) is 0 Å². The zero-order valence-electron chi connectivity index (χ0n) is 20.5. The van der Waals surface area contributed by atoms with Crippen LogP contribution in [0.1, 0.15) is 30.1 Å². The monoisotopic (exact) mass is 527 g/mol. The zero-order valence-corrected chi connectivity index (χ0v) is 20.5. The van der Waals surface area contributed by atoms with Crippen LogP contribution in [0.5, 0.6) is 11.5 Å². The molecule has 1 saturated carbocycles. The first-order valence-corrected chi connectivity index (χ1v) is 12.4. The molecule has 5 rings (SSSR count). The van der Waals surface area contributed by atoms with Gasteiger partial charge in [0.15, 0.2) is 6.23 Å². The topological polar surface area (TPSA) is 152 Å². The van der Waals surface area contributed by atoms with E-state index in [1.807, 2.05) is 14.7 Å². The summed E-state index contributed by atoms with van der Waals surface area (Å²) in [4.78, 5) is 17.3. The number of aliphatic hydroxyl groups excluding tert-OH is 2. The molecule has 2 heterocycles. The number of hydrogen-bond acceptors (Lipinski definition) is 10. The number of benzene rings is 2. The number of β-amino-alcohol motifs (C(OH)–C–C–N with tert-alkyl or cyclic N) is 1. The predicted molar refractivity (Wildman–Crippen MR) is 138 cm³/mol. The Balaban J connectivity index is 1.21. The number of carboxylic acids is 1. The molecule has 2 aromatic carbocycles. The predicted octanol–water partition coefficient (Wildman–Crippen LogP) is 1.29. The molecule has 1 aliphatic carbocycles. The lowest BCUT2D eigenvalue weighted by Gasteiger charge is -2.38. The molecule has 0 bridgehead atoms. The maximum absolute atomic E-state index is 15.2. The average Bonchev–Trinajstić information content (AvgIpc) is 3.72. The number of phenols is 2. The molecule has 6 N–H and O–H groups in total. The van der Waals surface area contributed by atoms with Crippen molar-refractivity contribution in [2.45, 2.75) is 31.2 Å². The molecule has 0 amide bonds. The summed E-state index contributed by atoms with van der Waals surface area (Å²) >= 11 is 0. The highest BCUT2D eigenvalue weighted by atomic mass is 19.1. The molecule has 0 aromatic heterocycles. The first-order chi connectivity index (χ1) is 18.2. The van der Waals surface area contributed by atoms with E-state index in [9.17, 15) is 30.3 Å². The quantitative estimate of drug-likeness (QED) is 0.168. The maximum Gasteiger partial charge on any atom is 0.336 e. The fraction of sp³-hybridized carbons (Fsp3) is 0.385. The summed E-state index contributed by atoms with van der Waals surface area (Å²) in [6, 6.07) is 7.39. The zero-order chi connectivity index (χ0) is 27.0. The van der Waals surface area contributed by atoms with Crippen LogP contribution in [0.15, 0.2) is 47.2 Å². The van der Waals surface area contributed by atoms with Crippen molar-refractivity contribution < 1.29 is 34.7 Å². The number of aliphatic hydroxyl groups is 2. The molecule has 38 heavy (non-hydrogen) atoms. The van der Waals surface area contributed by atoms with E-state index in [1.165, 1.54) is 36.7 Å². The minimum Gasteiger partial charge on any atom is -0.507 e. The number of rotatable bonds is 8. The number of carboxylic acid groups (broad SMARTS) is 1. The fourth-order valence-corrected chi connectivity index (χ4v) is 4.85. The van der Waals surface area contributed by atoms with Gasteiger partial charge < -0.3 is 35.3 Å². The molecule has 2 atom stereocenters. The van der Waals surface area contributed by atoms with Crippen molar-refractivity contribution in [1.82, 2.24) is 10.3 Å². The lowest BCUT2D eigenvalue weighted by Crippen LogP contribution is -2.50. The summed E-state index contributed by atoms with van der Waals surface area (Å²) in [6.07, 6.45) is 2.08. The van der Waals surface area contributed by atoms with E-state index in [1.54, 1.807) is 6.07 Å². The number of aromatic hydroxyl groups is 2. The summed E-state index contributed by atoms with van der Waals surface area (Å²) in [5.41, 5.74) is 3.80. The summed E-state index contributed by atoms with van der Waals surface area (Å²) in [6.45, 7) is 2.36. The van der Waals surface area contributed by atoms with Gasteiger partial charge in [-0.2, -0.15) is 5.10 Å². The van der Waals surface area contributed by atoms with Gasteiger partial charge in [0.1, 0.15) is 23.4 Å². The van der Waals surface area contributed by atoms with Crippen LogP contribution in [-0.4, -0.2) is 87.6 Å². The number of nitrogens with one attached hydrogen (secondary N) is 1. The first-order valence-electron chi connectivity index (χ1n) is 12.4. The number of anilines is 2. The largest absolute Gasteiger partial charge is 0.507 e. The third-order valence-electron chi connectivity index (χ3n) is 7.05. The summed E-state index contributed by atoms with van der Waals surface area (Å²) in [7, 11) is 0. The molecule has 2 aromatic rings. The van der Waals surface area contributed by atoms with Crippen LogP contribution in [-0.2, 0) is 4.79 Å². The molecule has 2 unspecified atom stereocenters. The molecule has 3 aliphatic rings. The number of piperazine rings is 1. The standard InChI is InChI=1S/C26H30FN5O6/c27-19-10-16-20(32(15-4-5-15)13-18(25(16)36)26(37)38)11-21(19)31-8-6-30(7-9-31)14-24(35)29-28-12-17-22(33)2-1-3-23(17)34/h1-3,10-13,15,24-25,29,33-36H,4-9,14H2,(H,37,38). The number of hydrazone groups is 1. The number of phenolic OH excluding ortho intramolecular Hbond substituents is 2. The Labute approximate surface area is 218 Å². The molecule has 2 aliphatic heterocycles. The third-order valence-corrected chi connectivity index (χ3v) is 7.05. The Hall–Kier alpha value is -3.87. The normalized spacial score (nSPS) is 20.8. The lowest BCUT2D eigenvalue weighted by atomic mass is 9.95. The van der Waals surface area contributed by atoms with Crippen molar-refractivity contribution in [2.24, 2.45) is 5.10 Å². The Morgan fingerprint density at radius 2 is 1.82 bits per heavy atom. The Morgan fingerprint density at radius 3 is 2.45 bits per heavy atom. The second-order valence-electron chi connectivity index (χ2n) is 9.69. The van der Waals surface area contributed by atoms with Crippen LogP contribution in [0.2, 0.25) is 0 Å². The molecule has 0 radical (unpaired) electrons. The van der Waals surface area contributed by atoms with E-state index in [0.29, 0.717) is 37.6 Å². The smallest absolute Gasteiger partial charge is 0.336 e. The highest BCUT2D eigenvalue weighted by Gasteiger charge is 2.38. The minimum absolute atomic E-state index is 0.135. The van der Waals surface area contributed by atoms with Gasteiger partial charge in [0, 0.05) is 56.2 Å². The Kier molecular flexibility index (Phi) is 7.11. The number of halogens is 1. The van der Waals surface area contributed by atoms with Gasteiger partial charge in [0.2, 0.25) is 0 Å². The average molecular weight is 528 g/mol. The van der Waals surface area contributed by atoms with Crippen molar-refractivity contribution in [1.29, 1.82) is 0 Å². The highest BCUT2D eigenvalue weighted by Crippen LogP contribution is 2.44. The maximum atomic E-state index is 15.2. The van der Waals surface area contributed by atoms with Crippen molar-refractivity contribution in [3.63, 3.8) is 0 Å². The van der Waals surface area contributed by atoms with E-state index in [0.717, 1.165) is 12.8 Å². The number of hydrogen-bond donors (Lipinski definition) is 6. The van der Waals surface area contributed by atoms with E-state index in [-0.39, 0.29) is 40.8 Å². The summed E-state index contributed by atoms with van der Waals surface area (Å²) in [5.74, 6) is -2.03. The van der Waals surface area contributed by atoms with Crippen molar-refractivity contribution in [3.8, 4) is 11.5 Å². The second kappa shape index (κ2) is 10.5. The number of aliphatic carboxylic acids is 1. The van der Waals surface area contributed by atoms with Crippen LogP contribution >= 0.6 is 0 Å². The van der Waals surface area contributed by atoms with Crippen LogP contribution in [0.25, 0.3) is 0 Å². The van der Waals surface area contributed by atoms with Gasteiger partial charge in [-0.1, -0.05) is 6.07 Å². The van der Waals surface area contributed by atoms with Crippen molar-refractivity contribution >= 4 is 23.6 Å². The number of fused-ring (bicyclic) bond motifs is 1. The van der Waals surface area contributed by atoms with Crippen LogP contribution in [0.3, 0.4) is 0 Å². The second-order valence-corrected chi connectivity index (χ2v) is 9.69. The molecule has 11 nitrogen and oxygen atoms in total. The van der Waals surface area contributed by atoms with Crippen LogP contribution in [0, 0.1) is 5.82 Å². The molecule has 2 fully saturated rings. The van der Waals surface area contributed by atoms with Crippen molar-refractivity contribution in [3.05, 3.63) is 59.0 Å². The van der Waals surface area contributed by atoms with Crippen LogP contribution in [0.4, 0.5) is 15.8 Å². The molecular weight excluding hydrogens is 497 g/mol. The summed E-state index contributed by atoms with van der Waals surface area (Å²) < 4.78 is 15.2.